The van der Waals surface area contributed by atoms with Crippen molar-refractivity contribution in [2.24, 2.45) is 11.8 Å². The van der Waals surface area contributed by atoms with E-state index in [2.05, 4.69) is 9.97 Å². The third-order valence-electron chi connectivity index (χ3n) is 7.25. The maximum Gasteiger partial charge on any atom is 0.410 e. The molecule has 2 unspecified atom stereocenters. The summed E-state index contributed by atoms with van der Waals surface area (Å²) in [4.78, 5) is 23.1. The van der Waals surface area contributed by atoms with Crippen molar-refractivity contribution in [2.75, 3.05) is 26.3 Å². The summed E-state index contributed by atoms with van der Waals surface area (Å²) in [6.45, 7) is 3.04. The molecule has 8 nitrogen and oxygen atoms in total. The smallest absolute Gasteiger partial charge is 0.410 e. The number of nitrogens with zero attached hydrogens (tertiary/aromatic N) is 3. The number of hydrogen-bond donors (Lipinski definition) is 1. The highest BCUT2D eigenvalue weighted by molar-refractivity contribution is 7.18. The van der Waals surface area contributed by atoms with Crippen LogP contribution in [0.2, 0.25) is 0 Å². The van der Waals surface area contributed by atoms with Gasteiger partial charge in [-0.05, 0) is 31.9 Å². The van der Waals surface area contributed by atoms with Crippen molar-refractivity contribution < 1.29 is 32.9 Å². The van der Waals surface area contributed by atoms with Crippen LogP contribution in [0, 0.1) is 23.5 Å². The van der Waals surface area contributed by atoms with Gasteiger partial charge in [0.15, 0.2) is 0 Å². The van der Waals surface area contributed by atoms with Crippen LogP contribution in [0.4, 0.5) is 13.6 Å². The molecule has 1 aliphatic carbocycles. The molecule has 36 heavy (non-hydrogen) atoms. The normalized spacial score (nSPS) is 24.6. The molecule has 1 saturated carbocycles. The molecule has 2 aliphatic heterocycles. The lowest BCUT2D eigenvalue weighted by atomic mass is 9.84. The van der Waals surface area contributed by atoms with E-state index in [1.807, 2.05) is 6.92 Å². The zero-order valence-electron chi connectivity index (χ0n) is 19.6. The van der Waals surface area contributed by atoms with E-state index in [4.69, 9.17) is 14.2 Å². The van der Waals surface area contributed by atoms with Crippen LogP contribution in [0.5, 0.6) is 5.88 Å². The van der Waals surface area contributed by atoms with Crippen LogP contribution in [-0.4, -0.2) is 64.1 Å². The van der Waals surface area contributed by atoms with E-state index in [1.165, 1.54) is 23.7 Å². The Labute approximate surface area is 209 Å². The first kappa shape index (κ1) is 23.5. The molecule has 0 radical (unpaired) electrons. The lowest BCUT2D eigenvalue weighted by Gasteiger charge is -2.46. The summed E-state index contributed by atoms with van der Waals surface area (Å²) in [5.41, 5.74) is 0.397. The van der Waals surface area contributed by atoms with Gasteiger partial charge in [0.2, 0.25) is 5.88 Å². The first-order chi connectivity index (χ1) is 17.4. The van der Waals surface area contributed by atoms with Crippen molar-refractivity contribution in [1.82, 2.24) is 14.9 Å². The standard InChI is InChI=1S/C25H25F2N3O5S/c1-25(4-5-25)35-24(32)30-6-13-9-33-10-14(7-30)21(13)34-23-22-20(28-12-29-23)17(11-36-22)15-2-3-18(26)16(8-31)19(15)27/h2-3,11-14,21,31H,4-10H2,1H3. The molecular formula is C25H25F2N3O5S. The summed E-state index contributed by atoms with van der Waals surface area (Å²) < 4.78 is 47.3. The molecule has 190 valence electrons. The molecule has 1 amide bonds. The summed E-state index contributed by atoms with van der Waals surface area (Å²) in [6.07, 6.45) is 2.64. The topological polar surface area (TPSA) is 94.0 Å². The van der Waals surface area contributed by atoms with Crippen molar-refractivity contribution in [1.29, 1.82) is 0 Å². The van der Waals surface area contributed by atoms with Gasteiger partial charge >= 0.3 is 6.09 Å². The van der Waals surface area contributed by atoms with E-state index in [0.717, 1.165) is 18.9 Å². The second kappa shape index (κ2) is 8.89. The van der Waals surface area contributed by atoms with E-state index < -0.39 is 18.2 Å². The van der Waals surface area contributed by atoms with Gasteiger partial charge in [-0.1, -0.05) is 0 Å². The van der Waals surface area contributed by atoms with Crippen LogP contribution in [0.25, 0.3) is 21.3 Å². The number of piperidine rings is 1. The number of likely N-dealkylation sites (tertiary alicyclic amines) is 1. The number of aliphatic hydroxyl groups is 1. The largest absolute Gasteiger partial charge is 0.472 e. The van der Waals surface area contributed by atoms with Crippen LogP contribution < -0.4 is 4.74 Å². The minimum absolute atomic E-state index is 0.0526. The number of ether oxygens (including phenoxy) is 3. The first-order valence-corrected chi connectivity index (χ1v) is 12.8. The predicted octanol–water partition coefficient (Wildman–Crippen LogP) is 4.14. The molecule has 3 aromatic rings. The van der Waals surface area contributed by atoms with E-state index in [0.29, 0.717) is 48.0 Å². The van der Waals surface area contributed by atoms with Crippen molar-refractivity contribution >= 4 is 27.6 Å². The number of fused-ring (bicyclic) bond motifs is 3. The van der Waals surface area contributed by atoms with Gasteiger partial charge in [-0.25, -0.2) is 23.5 Å². The van der Waals surface area contributed by atoms with E-state index in [1.54, 1.807) is 10.3 Å². The summed E-state index contributed by atoms with van der Waals surface area (Å²) in [5.74, 6) is -1.34. The number of carbonyl (C=O) groups is 1. The Bertz CT molecular complexity index is 1320. The number of carbonyl (C=O) groups excluding carboxylic acids is 1. The number of halogens is 2. The lowest BCUT2D eigenvalue weighted by molar-refractivity contribution is -0.111. The number of aliphatic hydroxyl groups excluding tert-OH is 1. The Kier molecular flexibility index (Phi) is 5.81. The summed E-state index contributed by atoms with van der Waals surface area (Å²) >= 11 is 1.31. The van der Waals surface area contributed by atoms with Crippen LogP contribution in [-0.2, 0) is 16.1 Å². The van der Waals surface area contributed by atoms with Gasteiger partial charge in [0.05, 0.1) is 25.3 Å². The fourth-order valence-corrected chi connectivity index (χ4v) is 5.93. The minimum atomic E-state index is -0.815. The van der Waals surface area contributed by atoms with Crippen LogP contribution in [0.3, 0.4) is 0 Å². The quantitative estimate of drug-likeness (QED) is 0.544. The fraction of sp³-hybridized carbons (Fsp3) is 0.480. The van der Waals surface area contributed by atoms with Gasteiger partial charge < -0.3 is 24.2 Å². The second-order valence-corrected chi connectivity index (χ2v) is 10.8. The summed E-state index contributed by atoms with van der Waals surface area (Å²) in [6, 6.07) is 2.47. The fourth-order valence-electron chi connectivity index (χ4n) is 4.98. The van der Waals surface area contributed by atoms with Crippen molar-refractivity contribution in [3.63, 3.8) is 0 Å². The Hall–Kier alpha value is -2.89. The third-order valence-corrected chi connectivity index (χ3v) is 8.21. The van der Waals surface area contributed by atoms with E-state index in [-0.39, 0.29) is 40.8 Å². The second-order valence-electron chi connectivity index (χ2n) is 9.91. The summed E-state index contributed by atoms with van der Waals surface area (Å²) in [7, 11) is 0. The van der Waals surface area contributed by atoms with Gasteiger partial charge in [0.1, 0.15) is 34.4 Å². The zero-order chi connectivity index (χ0) is 25.0. The Morgan fingerprint density at radius 3 is 2.67 bits per heavy atom. The van der Waals surface area contributed by atoms with Gasteiger partial charge in [0.25, 0.3) is 0 Å². The number of benzene rings is 1. The molecule has 3 fully saturated rings. The SMILES string of the molecule is CC1(OC(=O)N2CC3COCC(C2)C3Oc2ncnc3c(-c4ccc(F)c(CO)c4F)csc23)CC1. The monoisotopic (exact) mass is 517 g/mol. The first-order valence-electron chi connectivity index (χ1n) is 11.9. The molecule has 6 rings (SSSR count). The highest BCUT2D eigenvalue weighted by atomic mass is 32.1. The predicted molar refractivity (Wildman–Crippen MR) is 127 cm³/mol. The molecule has 11 heteroatoms. The third kappa shape index (κ3) is 4.08. The van der Waals surface area contributed by atoms with Crippen LogP contribution in [0.15, 0.2) is 23.8 Å². The maximum atomic E-state index is 14.9. The Balaban J connectivity index is 1.26. The molecule has 1 aromatic carbocycles. The van der Waals surface area contributed by atoms with Crippen LogP contribution >= 0.6 is 11.3 Å². The van der Waals surface area contributed by atoms with Crippen molar-refractivity contribution in [3.05, 3.63) is 41.0 Å². The van der Waals surface area contributed by atoms with E-state index >= 15 is 0 Å². The molecular weight excluding hydrogens is 492 g/mol. The number of amides is 1. The molecule has 1 N–H and O–H groups in total. The average Bonchev–Trinajstić information content (AvgIpc) is 3.41. The molecule has 2 bridgehead atoms. The average molecular weight is 518 g/mol. The van der Waals surface area contributed by atoms with Gasteiger partial charge in [-0.3, -0.25) is 0 Å². The zero-order valence-corrected chi connectivity index (χ0v) is 20.4. The van der Waals surface area contributed by atoms with Gasteiger partial charge in [-0.15, -0.1) is 11.3 Å². The number of rotatable bonds is 5. The molecule has 3 aliphatic rings. The van der Waals surface area contributed by atoms with E-state index in [9.17, 15) is 18.7 Å². The lowest BCUT2D eigenvalue weighted by Crippen LogP contribution is -2.59. The Morgan fingerprint density at radius 1 is 1.22 bits per heavy atom. The molecule has 0 spiro atoms. The van der Waals surface area contributed by atoms with Crippen molar-refractivity contribution in [3.8, 4) is 17.0 Å². The Morgan fingerprint density at radius 2 is 1.97 bits per heavy atom. The van der Waals surface area contributed by atoms with Crippen molar-refractivity contribution in [2.45, 2.75) is 38.1 Å². The number of thiophene rings is 1. The minimum Gasteiger partial charge on any atom is -0.472 e. The number of hydrogen-bond acceptors (Lipinski definition) is 8. The molecule has 2 aromatic heterocycles. The summed E-state index contributed by atoms with van der Waals surface area (Å²) in [5, 5.41) is 11.1. The number of aromatic nitrogens is 2. The highest BCUT2D eigenvalue weighted by Crippen LogP contribution is 2.42. The van der Waals surface area contributed by atoms with Gasteiger partial charge in [0, 0.05) is 47.0 Å². The molecule has 2 saturated heterocycles. The van der Waals surface area contributed by atoms with Crippen LogP contribution in [0.1, 0.15) is 25.3 Å². The molecule has 4 heterocycles. The highest BCUT2D eigenvalue weighted by Gasteiger charge is 2.47. The molecule has 2 atom stereocenters. The maximum absolute atomic E-state index is 14.9. The van der Waals surface area contributed by atoms with Gasteiger partial charge in [-0.2, -0.15) is 0 Å².